The van der Waals surface area contributed by atoms with Crippen LogP contribution >= 0.6 is 47.8 Å². The Hall–Kier alpha value is -0.530. The van der Waals surface area contributed by atoms with E-state index in [1.165, 1.54) is 5.56 Å². The van der Waals surface area contributed by atoms with Gasteiger partial charge in [0.2, 0.25) is 0 Å². The molecular weight excluding hydrogens is 554 g/mol. The minimum atomic E-state index is 0.497. The van der Waals surface area contributed by atoms with Gasteiger partial charge in [-0.25, -0.2) is 0 Å². The fraction of sp³-hybridized carbons (Fsp3) is 0.571. The smallest absolute Gasteiger partial charge is 0.136 e. The van der Waals surface area contributed by atoms with Crippen LogP contribution in [-0.2, 0) is 11.3 Å². The SMILES string of the molecule is CCCc1cc(OCC=C(Br)Br)cc(Br)c1OCCCCCCON=C(C)C. The van der Waals surface area contributed by atoms with E-state index in [1.54, 1.807) is 0 Å². The molecular formula is C21H30Br3NO3. The zero-order valence-electron chi connectivity index (χ0n) is 16.9. The summed E-state index contributed by atoms with van der Waals surface area (Å²) in [6.07, 6.45) is 8.21. The molecule has 0 saturated heterocycles. The van der Waals surface area contributed by atoms with Gasteiger partial charge in [-0.2, -0.15) is 0 Å². The molecule has 0 fully saturated rings. The molecule has 0 aliphatic heterocycles. The van der Waals surface area contributed by atoms with Crippen LogP contribution in [0.15, 0.2) is 31.2 Å². The normalized spacial score (nSPS) is 10.4. The summed E-state index contributed by atoms with van der Waals surface area (Å²) in [6, 6.07) is 4.05. The number of unbranched alkanes of at least 4 members (excludes halogenated alkanes) is 3. The van der Waals surface area contributed by atoms with Crippen molar-refractivity contribution in [3.63, 3.8) is 0 Å². The Morgan fingerprint density at radius 1 is 1.04 bits per heavy atom. The van der Waals surface area contributed by atoms with Gasteiger partial charge in [0.15, 0.2) is 0 Å². The maximum Gasteiger partial charge on any atom is 0.136 e. The highest BCUT2D eigenvalue weighted by atomic mass is 79.9. The van der Waals surface area contributed by atoms with Crippen LogP contribution in [0.2, 0.25) is 0 Å². The molecule has 0 aliphatic rings. The zero-order valence-corrected chi connectivity index (χ0v) is 21.7. The Morgan fingerprint density at radius 3 is 2.39 bits per heavy atom. The maximum absolute atomic E-state index is 6.09. The van der Waals surface area contributed by atoms with E-state index in [9.17, 15) is 0 Å². The lowest BCUT2D eigenvalue weighted by molar-refractivity contribution is 0.139. The molecule has 0 amide bonds. The molecule has 0 aliphatic carbocycles. The Morgan fingerprint density at radius 2 is 1.75 bits per heavy atom. The van der Waals surface area contributed by atoms with Crippen LogP contribution in [-0.4, -0.2) is 25.5 Å². The molecule has 4 nitrogen and oxygen atoms in total. The van der Waals surface area contributed by atoms with Crippen molar-refractivity contribution in [1.82, 2.24) is 0 Å². The molecule has 0 saturated carbocycles. The molecule has 1 aromatic rings. The lowest BCUT2D eigenvalue weighted by atomic mass is 10.1. The topological polar surface area (TPSA) is 40.0 Å². The van der Waals surface area contributed by atoms with Crippen molar-refractivity contribution in [1.29, 1.82) is 0 Å². The molecule has 0 radical (unpaired) electrons. The van der Waals surface area contributed by atoms with E-state index >= 15 is 0 Å². The van der Waals surface area contributed by atoms with Crippen molar-refractivity contribution in [2.75, 3.05) is 19.8 Å². The summed E-state index contributed by atoms with van der Waals surface area (Å²) in [7, 11) is 0. The minimum Gasteiger partial charge on any atom is -0.492 e. The molecule has 0 unspecified atom stereocenters. The van der Waals surface area contributed by atoms with Crippen molar-refractivity contribution >= 4 is 53.5 Å². The van der Waals surface area contributed by atoms with Crippen LogP contribution < -0.4 is 9.47 Å². The van der Waals surface area contributed by atoms with Gasteiger partial charge in [-0.3, -0.25) is 0 Å². The fourth-order valence-electron chi connectivity index (χ4n) is 2.49. The van der Waals surface area contributed by atoms with E-state index in [0.717, 1.165) is 63.6 Å². The number of oxime groups is 1. The predicted molar refractivity (Wildman–Crippen MR) is 128 cm³/mol. The average molecular weight is 584 g/mol. The van der Waals surface area contributed by atoms with E-state index in [2.05, 4.69) is 65.9 Å². The third-order valence-corrected chi connectivity index (χ3v) is 4.96. The van der Waals surface area contributed by atoms with Gasteiger partial charge >= 0.3 is 0 Å². The second-order valence-corrected chi connectivity index (χ2v) is 10.2. The largest absolute Gasteiger partial charge is 0.492 e. The van der Waals surface area contributed by atoms with Crippen LogP contribution in [0.5, 0.6) is 11.5 Å². The van der Waals surface area contributed by atoms with Gasteiger partial charge in [-0.1, -0.05) is 18.5 Å². The van der Waals surface area contributed by atoms with E-state index in [0.29, 0.717) is 19.8 Å². The molecule has 0 bridgehead atoms. The quantitative estimate of drug-likeness (QED) is 0.128. The first kappa shape index (κ1) is 25.5. The standard InChI is InChI=1S/C21H30Br3NO3/c1-4-9-17-14-18(26-13-10-20(23)24)15-19(22)21(17)27-11-7-5-6-8-12-28-25-16(2)3/h10,14-15H,4-9,11-13H2,1-3H3. The minimum absolute atomic E-state index is 0.497. The van der Waals surface area contributed by atoms with Crippen LogP contribution in [0.3, 0.4) is 0 Å². The van der Waals surface area contributed by atoms with Crippen molar-refractivity contribution in [2.24, 2.45) is 5.16 Å². The number of rotatable bonds is 14. The molecule has 1 rings (SSSR count). The van der Waals surface area contributed by atoms with Crippen LogP contribution in [0.25, 0.3) is 0 Å². The molecule has 0 spiro atoms. The molecule has 0 atom stereocenters. The number of halogens is 3. The summed E-state index contributed by atoms with van der Waals surface area (Å²) in [5.74, 6) is 1.77. The van der Waals surface area contributed by atoms with Crippen LogP contribution in [0.4, 0.5) is 0 Å². The maximum atomic E-state index is 6.09. The van der Waals surface area contributed by atoms with Crippen molar-refractivity contribution in [3.8, 4) is 11.5 Å². The molecule has 0 heterocycles. The number of hydrogen-bond acceptors (Lipinski definition) is 4. The lowest BCUT2D eigenvalue weighted by Crippen LogP contribution is -2.03. The molecule has 158 valence electrons. The zero-order chi connectivity index (χ0) is 20.8. The van der Waals surface area contributed by atoms with Crippen molar-refractivity contribution in [2.45, 2.75) is 59.3 Å². The second kappa shape index (κ2) is 15.3. The lowest BCUT2D eigenvalue weighted by Gasteiger charge is -2.15. The first-order chi connectivity index (χ1) is 13.4. The van der Waals surface area contributed by atoms with Gasteiger partial charge in [0.25, 0.3) is 0 Å². The summed E-state index contributed by atoms with van der Waals surface area (Å²) in [5.41, 5.74) is 2.13. The highest BCUT2D eigenvalue weighted by Crippen LogP contribution is 2.35. The number of aryl methyl sites for hydroxylation is 1. The highest BCUT2D eigenvalue weighted by molar-refractivity contribution is 9.28. The number of benzene rings is 1. The van der Waals surface area contributed by atoms with Gasteiger partial charge in [-0.15, -0.1) is 0 Å². The number of hydrogen-bond donors (Lipinski definition) is 0. The van der Waals surface area contributed by atoms with Gasteiger partial charge in [0, 0.05) is 0 Å². The summed E-state index contributed by atoms with van der Waals surface area (Å²) in [4.78, 5) is 5.21. The summed E-state index contributed by atoms with van der Waals surface area (Å²) in [6.45, 7) is 7.92. The monoisotopic (exact) mass is 581 g/mol. The van der Waals surface area contributed by atoms with Crippen LogP contribution in [0.1, 0.15) is 58.4 Å². The molecule has 0 N–H and O–H groups in total. The van der Waals surface area contributed by atoms with Crippen LogP contribution in [0, 0.1) is 0 Å². The van der Waals surface area contributed by atoms with Gasteiger partial charge in [0.05, 0.1) is 20.2 Å². The van der Waals surface area contributed by atoms with E-state index in [1.807, 2.05) is 26.0 Å². The molecule has 0 aromatic heterocycles. The third-order valence-electron chi connectivity index (χ3n) is 3.72. The molecule has 7 heteroatoms. The van der Waals surface area contributed by atoms with E-state index in [-0.39, 0.29) is 0 Å². The summed E-state index contributed by atoms with van der Waals surface area (Å²) < 4.78 is 13.7. The van der Waals surface area contributed by atoms with Gasteiger partial charge in [-0.05, 0) is 118 Å². The van der Waals surface area contributed by atoms with Gasteiger partial charge < -0.3 is 14.3 Å². The Balaban J connectivity index is 2.46. The number of ether oxygens (including phenoxy) is 2. The Labute approximate surface area is 194 Å². The van der Waals surface area contributed by atoms with E-state index < -0.39 is 0 Å². The second-order valence-electron chi connectivity index (χ2n) is 6.58. The molecule has 1 aromatic carbocycles. The number of nitrogens with zero attached hydrogens (tertiary/aromatic N) is 1. The first-order valence-electron chi connectivity index (χ1n) is 9.66. The molecule has 28 heavy (non-hydrogen) atoms. The Kier molecular flexibility index (Phi) is 14.0. The van der Waals surface area contributed by atoms with Gasteiger partial charge in [0.1, 0.15) is 24.7 Å². The summed E-state index contributed by atoms with van der Waals surface area (Å²) >= 11 is 10.3. The average Bonchev–Trinajstić information content (AvgIpc) is 2.61. The van der Waals surface area contributed by atoms with Crippen molar-refractivity contribution in [3.05, 3.63) is 31.6 Å². The predicted octanol–water partition coefficient (Wildman–Crippen LogP) is 7.76. The third kappa shape index (κ3) is 11.5. The first-order valence-corrected chi connectivity index (χ1v) is 12.0. The highest BCUT2D eigenvalue weighted by Gasteiger charge is 2.11. The summed E-state index contributed by atoms with van der Waals surface area (Å²) in [5, 5.41) is 3.94. The van der Waals surface area contributed by atoms with Crippen molar-refractivity contribution < 1.29 is 14.3 Å². The fourth-order valence-corrected chi connectivity index (χ4v) is 3.35. The van der Waals surface area contributed by atoms with E-state index in [4.69, 9.17) is 14.3 Å². The Bertz CT molecular complexity index is 640.